The van der Waals surface area contributed by atoms with Gasteiger partial charge in [0.25, 0.3) is 11.8 Å². The van der Waals surface area contributed by atoms with Crippen molar-refractivity contribution in [2.75, 3.05) is 32.7 Å². The Morgan fingerprint density at radius 3 is 2.48 bits per heavy atom. The predicted molar refractivity (Wildman–Crippen MR) is 118 cm³/mol. The van der Waals surface area contributed by atoms with Crippen molar-refractivity contribution >= 4 is 29.4 Å². The van der Waals surface area contributed by atoms with Gasteiger partial charge in [0.2, 0.25) is 5.91 Å². The predicted octanol–water partition coefficient (Wildman–Crippen LogP) is 1.69. The van der Waals surface area contributed by atoms with Crippen LogP contribution < -0.4 is 20.2 Å². The summed E-state index contributed by atoms with van der Waals surface area (Å²) < 4.78 is 15.4. The lowest BCUT2D eigenvalue weighted by Crippen LogP contribution is -2.43. The van der Waals surface area contributed by atoms with E-state index in [-0.39, 0.29) is 18.5 Å². The minimum absolute atomic E-state index is 0.0594. The van der Waals surface area contributed by atoms with Gasteiger partial charge in [-0.25, -0.2) is 0 Å². The van der Waals surface area contributed by atoms with Crippen molar-refractivity contribution in [1.29, 1.82) is 0 Å². The number of ether oxygens (including phenoxy) is 3. The van der Waals surface area contributed by atoms with Crippen molar-refractivity contribution in [2.45, 2.75) is 13.3 Å². The maximum absolute atomic E-state index is 12.5. The molecule has 0 saturated carbocycles. The van der Waals surface area contributed by atoms with Crippen LogP contribution in [-0.2, 0) is 19.1 Å². The molecule has 1 aliphatic heterocycles. The second kappa shape index (κ2) is 10.5. The zero-order valence-electron chi connectivity index (χ0n) is 18.5. The van der Waals surface area contributed by atoms with Crippen molar-refractivity contribution in [3.63, 3.8) is 0 Å². The number of aryl methyl sites for hydroxylation is 1. The Balaban J connectivity index is 1.52. The summed E-state index contributed by atoms with van der Waals surface area (Å²) in [6, 6.07) is 11.8. The monoisotopic (exact) mass is 455 g/mol. The molecule has 10 nitrogen and oxygen atoms in total. The van der Waals surface area contributed by atoms with Crippen LogP contribution in [0.3, 0.4) is 0 Å². The van der Waals surface area contributed by atoms with Gasteiger partial charge in [0.05, 0.1) is 26.7 Å². The molecule has 0 unspecified atom stereocenters. The molecule has 1 heterocycles. The number of benzene rings is 2. The van der Waals surface area contributed by atoms with Crippen LogP contribution >= 0.6 is 0 Å². The van der Waals surface area contributed by atoms with Gasteiger partial charge in [-0.1, -0.05) is 18.2 Å². The number of rotatable bonds is 8. The topological polar surface area (TPSA) is 123 Å². The van der Waals surface area contributed by atoms with E-state index >= 15 is 0 Å². The van der Waals surface area contributed by atoms with Crippen molar-refractivity contribution in [3.8, 4) is 11.5 Å². The summed E-state index contributed by atoms with van der Waals surface area (Å²) in [5, 5.41) is 3.73. The van der Waals surface area contributed by atoms with Crippen molar-refractivity contribution < 1.29 is 33.4 Å². The molecule has 0 spiro atoms. The van der Waals surface area contributed by atoms with Crippen molar-refractivity contribution in [1.82, 2.24) is 10.4 Å². The third-order valence-corrected chi connectivity index (χ3v) is 5.11. The lowest BCUT2D eigenvalue weighted by atomic mass is 10.1. The quantitative estimate of drug-likeness (QED) is 0.581. The summed E-state index contributed by atoms with van der Waals surface area (Å²) in [4.78, 5) is 49.2. The fraction of sp³-hybridized carbons (Fsp3) is 0.304. The first-order chi connectivity index (χ1) is 15.8. The summed E-state index contributed by atoms with van der Waals surface area (Å²) in [5.41, 5.74) is 4.23. The van der Waals surface area contributed by atoms with Gasteiger partial charge in [-0.3, -0.25) is 29.6 Å². The molecule has 2 aromatic carbocycles. The molecule has 174 valence electrons. The molecular formula is C23H25N3O7. The number of anilines is 1. The molecule has 10 heteroatoms. The highest BCUT2D eigenvalue weighted by Gasteiger charge is 2.36. The van der Waals surface area contributed by atoms with Gasteiger partial charge in [0.15, 0.2) is 18.1 Å². The number of amides is 3. The van der Waals surface area contributed by atoms with Crippen LogP contribution in [0.15, 0.2) is 42.5 Å². The summed E-state index contributed by atoms with van der Waals surface area (Å²) in [6.45, 7) is 1.31. The van der Waals surface area contributed by atoms with E-state index in [1.54, 1.807) is 18.2 Å². The van der Waals surface area contributed by atoms with Gasteiger partial charge in [-0.2, -0.15) is 0 Å². The molecular weight excluding hydrogens is 430 g/mol. The second-order valence-corrected chi connectivity index (χ2v) is 7.39. The van der Waals surface area contributed by atoms with Crippen molar-refractivity contribution in [3.05, 3.63) is 53.6 Å². The van der Waals surface area contributed by atoms with E-state index < -0.39 is 36.2 Å². The highest BCUT2D eigenvalue weighted by atomic mass is 16.5. The molecule has 0 aliphatic carbocycles. The first-order valence-corrected chi connectivity index (χ1v) is 10.2. The Bertz CT molecular complexity index is 1070. The van der Waals surface area contributed by atoms with E-state index in [9.17, 15) is 19.2 Å². The SMILES string of the molecule is COc1ccc(C(=O)NN2C[C@H](C(=O)OCC(=O)Nc3ccccc3C)CC2=O)cc1OC. The smallest absolute Gasteiger partial charge is 0.311 e. The summed E-state index contributed by atoms with van der Waals surface area (Å²) >= 11 is 0. The third-order valence-electron chi connectivity index (χ3n) is 5.11. The Hall–Kier alpha value is -4.08. The first kappa shape index (κ1) is 23.6. The molecule has 1 atom stereocenters. The molecule has 0 radical (unpaired) electrons. The standard InChI is InChI=1S/C23H25N3O7/c1-14-6-4-5-7-17(14)24-20(27)13-33-23(30)16-11-21(28)26(12-16)25-22(29)15-8-9-18(31-2)19(10-15)32-3/h4-10,16H,11-13H2,1-3H3,(H,24,27)(H,25,29)/t16-/m1/s1. The van der Waals surface area contributed by atoms with E-state index in [4.69, 9.17) is 14.2 Å². The van der Waals surface area contributed by atoms with Crippen LogP contribution in [-0.4, -0.2) is 56.1 Å². The first-order valence-electron chi connectivity index (χ1n) is 10.2. The van der Waals surface area contributed by atoms with E-state index in [2.05, 4.69) is 10.7 Å². The van der Waals surface area contributed by atoms with Crippen LogP contribution in [0.1, 0.15) is 22.3 Å². The minimum Gasteiger partial charge on any atom is -0.493 e. The molecule has 33 heavy (non-hydrogen) atoms. The number of nitrogens with zero attached hydrogens (tertiary/aromatic N) is 1. The van der Waals surface area contributed by atoms with Gasteiger partial charge >= 0.3 is 5.97 Å². The maximum atomic E-state index is 12.5. The third kappa shape index (κ3) is 5.79. The number of esters is 1. The largest absolute Gasteiger partial charge is 0.493 e. The molecule has 3 rings (SSSR count). The Morgan fingerprint density at radius 1 is 1.06 bits per heavy atom. The lowest BCUT2D eigenvalue weighted by Gasteiger charge is -2.18. The molecule has 0 aromatic heterocycles. The molecule has 2 N–H and O–H groups in total. The van der Waals surface area contributed by atoms with Gasteiger partial charge in [0, 0.05) is 17.7 Å². The Morgan fingerprint density at radius 2 is 1.79 bits per heavy atom. The Labute approximate surface area is 190 Å². The number of para-hydroxylation sites is 1. The van der Waals surface area contributed by atoms with E-state index in [1.807, 2.05) is 19.1 Å². The zero-order chi connectivity index (χ0) is 24.0. The number of hydrazine groups is 1. The molecule has 0 bridgehead atoms. The maximum Gasteiger partial charge on any atom is 0.311 e. The van der Waals surface area contributed by atoms with Crippen LogP contribution in [0.5, 0.6) is 11.5 Å². The summed E-state index contributed by atoms with van der Waals surface area (Å²) in [5.74, 6) is -2.13. The average Bonchev–Trinajstić information content (AvgIpc) is 3.18. The molecule has 1 saturated heterocycles. The van der Waals surface area contributed by atoms with Crippen molar-refractivity contribution in [2.24, 2.45) is 5.92 Å². The highest BCUT2D eigenvalue weighted by Crippen LogP contribution is 2.27. The zero-order valence-corrected chi connectivity index (χ0v) is 18.5. The van der Waals surface area contributed by atoms with Gasteiger partial charge in [0.1, 0.15) is 0 Å². The second-order valence-electron chi connectivity index (χ2n) is 7.39. The van der Waals surface area contributed by atoms with Gasteiger partial charge in [-0.05, 0) is 36.8 Å². The minimum atomic E-state index is -0.797. The highest BCUT2D eigenvalue weighted by molar-refractivity contribution is 5.97. The molecule has 1 aliphatic rings. The molecule has 2 aromatic rings. The molecule has 1 fully saturated rings. The van der Waals surface area contributed by atoms with E-state index in [0.29, 0.717) is 17.2 Å². The van der Waals surface area contributed by atoms with E-state index in [1.165, 1.54) is 26.4 Å². The normalized spacial score (nSPS) is 15.1. The summed E-state index contributed by atoms with van der Waals surface area (Å²) in [7, 11) is 2.92. The lowest BCUT2D eigenvalue weighted by molar-refractivity contribution is -0.151. The van der Waals surface area contributed by atoms with Crippen LogP contribution in [0.4, 0.5) is 5.69 Å². The van der Waals surface area contributed by atoms with Gasteiger partial charge in [-0.15, -0.1) is 0 Å². The fourth-order valence-electron chi connectivity index (χ4n) is 3.29. The number of hydrogen-bond donors (Lipinski definition) is 2. The average molecular weight is 455 g/mol. The fourth-order valence-corrected chi connectivity index (χ4v) is 3.29. The number of hydrogen-bond acceptors (Lipinski definition) is 7. The number of carbonyl (C=O) groups excluding carboxylic acids is 4. The van der Waals surface area contributed by atoms with Crippen LogP contribution in [0, 0.1) is 12.8 Å². The van der Waals surface area contributed by atoms with Crippen LogP contribution in [0.2, 0.25) is 0 Å². The number of nitrogens with one attached hydrogen (secondary N) is 2. The molecule has 3 amide bonds. The number of carbonyl (C=O) groups is 4. The van der Waals surface area contributed by atoms with Crippen LogP contribution in [0.25, 0.3) is 0 Å². The number of methoxy groups -OCH3 is 2. The van der Waals surface area contributed by atoms with E-state index in [0.717, 1.165) is 10.6 Å². The van der Waals surface area contributed by atoms with Gasteiger partial charge < -0.3 is 19.5 Å². The Kier molecular flexibility index (Phi) is 7.50. The summed E-state index contributed by atoms with van der Waals surface area (Å²) in [6.07, 6.45) is -0.134.